The van der Waals surface area contributed by atoms with E-state index in [0.29, 0.717) is 11.4 Å². The van der Waals surface area contributed by atoms with Gasteiger partial charge in [0.25, 0.3) is 0 Å². The molecule has 0 spiro atoms. The lowest BCUT2D eigenvalue weighted by Crippen LogP contribution is -2.48. The van der Waals surface area contributed by atoms with Crippen LogP contribution in [0.4, 0.5) is 15.8 Å². The molecule has 0 unspecified atom stereocenters. The number of benzene rings is 1. The van der Waals surface area contributed by atoms with Gasteiger partial charge in [0.05, 0.1) is 5.69 Å². The Labute approximate surface area is 81.9 Å². The van der Waals surface area contributed by atoms with E-state index < -0.39 is 0 Å². The largest absolute Gasteiger partial charge is 0.399 e. The lowest BCUT2D eigenvalue weighted by atomic mass is 10.0. The standard InChI is InChI=1S/C10H13FN2O/c11-9-3-8(12)1-2-10(9)13-4-7(5-13)6-14/h1-3,7,14H,4-6,12H2. The Morgan fingerprint density at radius 3 is 2.79 bits per heavy atom. The average Bonchev–Trinajstić information content (AvgIpc) is 2.06. The minimum Gasteiger partial charge on any atom is -0.399 e. The van der Waals surface area contributed by atoms with Crippen LogP contribution in [0.2, 0.25) is 0 Å². The zero-order chi connectivity index (χ0) is 10.1. The molecular weight excluding hydrogens is 183 g/mol. The van der Waals surface area contributed by atoms with Crippen molar-refractivity contribution in [1.82, 2.24) is 0 Å². The number of halogens is 1. The van der Waals surface area contributed by atoms with Gasteiger partial charge >= 0.3 is 0 Å². The Balaban J connectivity index is 2.11. The van der Waals surface area contributed by atoms with Gasteiger partial charge in [-0.25, -0.2) is 4.39 Å². The third-order valence-corrected chi connectivity index (χ3v) is 2.53. The van der Waals surface area contributed by atoms with Crippen LogP contribution in [-0.4, -0.2) is 24.8 Å². The van der Waals surface area contributed by atoms with Gasteiger partial charge in [-0.15, -0.1) is 0 Å². The van der Waals surface area contributed by atoms with Crippen LogP contribution in [0.3, 0.4) is 0 Å². The summed E-state index contributed by atoms with van der Waals surface area (Å²) in [5, 5.41) is 8.82. The fourth-order valence-electron chi connectivity index (χ4n) is 1.66. The van der Waals surface area contributed by atoms with Gasteiger partial charge in [-0.3, -0.25) is 0 Å². The molecule has 0 saturated carbocycles. The van der Waals surface area contributed by atoms with Gasteiger partial charge in [0, 0.05) is 31.3 Å². The van der Waals surface area contributed by atoms with Gasteiger partial charge in [-0.1, -0.05) is 0 Å². The quantitative estimate of drug-likeness (QED) is 0.689. The first-order valence-corrected chi connectivity index (χ1v) is 4.61. The van der Waals surface area contributed by atoms with E-state index in [4.69, 9.17) is 10.8 Å². The van der Waals surface area contributed by atoms with Crippen LogP contribution >= 0.6 is 0 Å². The van der Waals surface area contributed by atoms with Gasteiger partial charge in [0.2, 0.25) is 0 Å². The Hall–Kier alpha value is -1.29. The van der Waals surface area contributed by atoms with Crippen molar-refractivity contribution in [1.29, 1.82) is 0 Å². The van der Waals surface area contributed by atoms with Crippen molar-refractivity contribution in [2.75, 3.05) is 30.3 Å². The molecule has 1 heterocycles. The van der Waals surface area contributed by atoms with E-state index in [2.05, 4.69) is 0 Å². The molecule has 0 amide bonds. The fraction of sp³-hybridized carbons (Fsp3) is 0.400. The summed E-state index contributed by atoms with van der Waals surface area (Å²) in [4.78, 5) is 1.90. The lowest BCUT2D eigenvalue weighted by molar-refractivity contribution is 0.200. The van der Waals surface area contributed by atoms with Crippen molar-refractivity contribution in [2.45, 2.75) is 0 Å². The van der Waals surface area contributed by atoms with Crippen LogP contribution in [0.1, 0.15) is 0 Å². The summed E-state index contributed by atoms with van der Waals surface area (Å²) in [5.74, 6) is -0.00616. The van der Waals surface area contributed by atoms with Gasteiger partial charge in [-0.2, -0.15) is 0 Å². The molecular formula is C10H13FN2O. The van der Waals surface area contributed by atoms with Crippen molar-refractivity contribution in [3.63, 3.8) is 0 Å². The number of nitrogens with two attached hydrogens (primary N) is 1. The maximum absolute atomic E-state index is 13.4. The van der Waals surface area contributed by atoms with E-state index in [1.54, 1.807) is 12.1 Å². The summed E-state index contributed by atoms with van der Waals surface area (Å²) in [5.41, 5.74) is 6.45. The van der Waals surface area contributed by atoms with Crippen LogP contribution in [0.15, 0.2) is 18.2 Å². The lowest BCUT2D eigenvalue weighted by Gasteiger charge is -2.40. The van der Waals surface area contributed by atoms with E-state index >= 15 is 0 Å². The predicted octanol–water partition coefficient (Wildman–Crippen LogP) is 0.836. The Kier molecular flexibility index (Phi) is 2.29. The molecule has 2 rings (SSSR count). The molecule has 1 aromatic rings. The molecule has 1 fully saturated rings. The third-order valence-electron chi connectivity index (χ3n) is 2.53. The molecule has 1 aliphatic heterocycles. The highest BCUT2D eigenvalue weighted by Gasteiger charge is 2.27. The predicted molar refractivity (Wildman–Crippen MR) is 53.6 cm³/mol. The number of hydrogen-bond donors (Lipinski definition) is 2. The number of hydrogen-bond acceptors (Lipinski definition) is 3. The minimum atomic E-state index is -0.290. The van der Waals surface area contributed by atoms with Crippen molar-refractivity contribution in [3.05, 3.63) is 24.0 Å². The monoisotopic (exact) mass is 196 g/mol. The number of aliphatic hydroxyl groups is 1. The first kappa shape index (κ1) is 9.27. The van der Waals surface area contributed by atoms with E-state index in [-0.39, 0.29) is 18.3 Å². The van der Waals surface area contributed by atoms with Crippen LogP contribution in [0, 0.1) is 11.7 Å². The normalized spacial score (nSPS) is 16.9. The fourth-order valence-corrected chi connectivity index (χ4v) is 1.66. The van der Waals surface area contributed by atoms with Crippen molar-refractivity contribution in [3.8, 4) is 0 Å². The second-order valence-corrected chi connectivity index (χ2v) is 3.66. The number of nitrogen functional groups attached to an aromatic ring is 1. The Morgan fingerprint density at radius 2 is 2.21 bits per heavy atom. The SMILES string of the molecule is Nc1ccc(N2CC(CO)C2)c(F)c1. The second-order valence-electron chi connectivity index (χ2n) is 3.66. The first-order chi connectivity index (χ1) is 6.70. The Bertz CT molecular complexity index is 337. The Morgan fingerprint density at radius 1 is 1.50 bits per heavy atom. The zero-order valence-electron chi connectivity index (χ0n) is 7.78. The van der Waals surface area contributed by atoms with Crippen molar-refractivity contribution >= 4 is 11.4 Å². The molecule has 1 aliphatic rings. The molecule has 4 heteroatoms. The highest BCUT2D eigenvalue weighted by Crippen LogP contribution is 2.27. The minimum absolute atomic E-state index is 0.174. The molecule has 3 N–H and O–H groups in total. The van der Waals surface area contributed by atoms with Crippen LogP contribution in [0.25, 0.3) is 0 Å². The van der Waals surface area contributed by atoms with E-state index in [1.807, 2.05) is 4.90 Å². The summed E-state index contributed by atoms with van der Waals surface area (Å²) in [6.45, 7) is 1.61. The molecule has 14 heavy (non-hydrogen) atoms. The maximum atomic E-state index is 13.4. The summed E-state index contributed by atoms with van der Waals surface area (Å²) in [6.07, 6.45) is 0. The molecule has 76 valence electrons. The van der Waals surface area contributed by atoms with Gasteiger partial charge in [-0.05, 0) is 18.2 Å². The third kappa shape index (κ3) is 1.53. The van der Waals surface area contributed by atoms with Gasteiger partial charge in [0.1, 0.15) is 5.82 Å². The zero-order valence-corrected chi connectivity index (χ0v) is 7.78. The summed E-state index contributed by atoms with van der Waals surface area (Å²) >= 11 is 0. The smallest absolute Gasteiger partial charge is 0.148 e. The highest BCUT2D eigenvalue weighted by atomic mass is 19.1. The molecule has 0 bridgehead atoms. The van der Waals surface area contributed by atoms with Crippen LogP contribution in [0.5, 0.6) is 0 Å². The topological polar surface area (TPSA) is 49.5 Å². The van der Waals surface area contributed by atoms with E-state index in [9.17, 15) is 4.39 Å². The van der Waals surface area contributed by atoms with E-state index in [1.165, 1.54) is 6.07 Å². The summed E-state index contributed by atoms with van der Waals surface area (Å²) in [6, 6.07) is 4.69. The highest BCUT2D eigenvalue weighted by molar-refractivity contribution is 5.55. The van der Waals surface area contributed by atoms with E-state index in [0.717, 1.165) is 13.1 Å². The summed E-state index contributed by atoms with van der Waals surface area (Å²) in [7, 11) is 0. The molecule has 0 aromatic heterocycles. The molecule has 0 atom stereocenters. The van der Waals surface area contributed by atoms with Gasteiger partial charge in [0.15, 0.2) is 0 Å². The molecule has 1 saturated heterocycles. The number of aliphatic hydroxyl groups excluding tert-OH is 1. The van der Waals surface area contributed by atoms with Crippen molar-refractivity contribution in [2.24, 2.45) is 5.92 Å². The molecule has 3 nitrogen and oxygen atoms in total. The van der Waals surface area contributed by atoms with Crippen LogP contribution in [-0.2, 0) is 0 Å². The van der Waals surface area contributed by atoms with Crippen molar-refractivity contribution < 1.29 is 9.50 Å². The summed E-state index contributed by atoms with van der Waals surface area (Å²) < 4.78 is 13.4. The van der Waals surface area contributed by atoms with Crippen LogP contribution < -0.4 is 10.6 Å². The average molecular weight is 196 g/mol. The van der Waals surface area contributed by atoms with Gasteiger partial charge < -0.3 is 15.7 Å². The number of rotatable bonds is 2. The molecule has 1 aromatic carbocycles. The number of nitrogens with zero attached hydrogens (tertiary/aromatic N) is 1. The molecule has 0 radical (unpaired) electrons. The second kappa shape index (κ2) is 3.46. The number of anilines is 2. The first-order valence-electron chi connectivity index (χ1n) is 4.61. The maximum Gasteiger partial charge on any atom is 0.148 e. The molecule has 0 aliphatic carbocycles.